The second-order valence-corrected chi connectivity index (χ2v) is 5.63. The zero-order valence-electron chi connectivity index (χ0n) is 11.3. The Hall–Kier alpha value is -1.39. The summed E-state index contributed by atoms with van der Waals surface area (Å²) in [4.78, 5) is 3.21. The summed E-state index contributed by atoms with van der Waals surface area (Å²) >= 11 is 1.67. The van der Waals surface area contributed by atoms with Crippen molar-refractivity contribution >= 4 is 17.0 Å². The van der Waals surface area contributed by atoms with E-state index in [1.54, 1.807) is 24.3 Å². The summed E-state index contributed by atoms with van der Waals surface area (Å²) in [5, 5.41) is 11.8. The summed E-state index contributed by atoms with van der Waals surface area (Å²) in [6.07, 6.45) is -0.825. The molecule has 1 aromatic heterocycles. The lowest BCUT2D eigenvalue weighted by Gasteiger charge is -2.29. The highest BCUT2D eigenvalue weighted by Crippen LogP contribution is 2.34. The average Bonchev–Trinajstić information content (AvgIpc) is 2.90. The lowest BCUT2D eigenvalue weighted by atomic mass is 10.1. The molecule has 0 bridgehead atoms. The molecule has 1 unspecified atom stereocenters. The van der Waals surface area contributed by atoms with E-state index in [0.717, 1.165) is 5.69 Å². The number of aliphatic hydroxyl groups is 1. The fourth-order valence-corrected chi connectivity index (χ4v) is 3.00. The maximum Gasteiger partial charge on any atom is 0.131 e. The molecule has 2 rings (SSSR count). The van der Waals surface area contributed by atoms with Crippen molar-refractivity contribution in [3.8, 4) is 0 Å². The molecule has 1 N–H and O–H groups in total. The van der Waals surface area contributed by atoms with Crippen LogP contribution in [-0.2, 0) is 0 Å². The van der Waals surface area contributed by atoms with Crippen LogP contribution in [0.15, 0.2) is 35.7 Å². The van der Waals surface area contributed by atoms with Gasteiger partial charge in [-0.3, -0.25) is 0 Å². The minimum Gasteiger partial charge on any atom is -0.389 e. The lowest BCUT2D eigenvalue weighted by molar-refractivity contribution is 0.194. The maximum atomic E-state index is 13.9. The van der Waals surface area contributed by atoms with Crippen molar-refractivity contribution in [2.24, 2.45) is 0 Å². The van der Waals surface area contributed by atoms with Crippen molar-refractivity contribution in [1.82, 2.24) is 0 Å². The van der Waals surface area contributed by atoms with Crippen LogP contribution in [0.3, 0.4) is 0 Å². The Morgan fingerprint density at radius 2 is 1.95 bits per heavy atom. The number of hydrogen-bond acceptors (Lipinski definition) is 3. The molecule has 19 heavy (non-hydrogen) atoms. The molecule has 0 spiro atoms. The van der Waals surface area contributed by atoms with E-state index in [1.165, 1.54) is 10.9 Å². The maximum absolute atomic E-state index is 13.9. The van der Waals surface area contributed by atoms with Gasteiger partial charge in [0.1, 0.15) is 5.82 Å². The molecule has 0 aliphatic heterocycles. The zero-order valence-corrected chi connectivity index (χ0v) is 12.1. The number of thiophene rings is 1. The second-order valence-electron chi connectivity index (χ2n) is 4.65. The third-order valence-electron chi connectivity index (χ3n) is 3.36. The van der Waals surface area contributed by atoms with E-state index >= 15 is 0 Å². The summed E-state index contributed by atoms with van der Waals surface area (Å²) < 4.78 is 13.9. The number of anilines is 1. The number of hydrogen-bond donors (Lipinski definition) is 1. The molecule has 2 nitrogen and oxygen atoms in total. The van der Waals surface area contributed by atoms with Crippen molar-refractivity contribution in [3.05, 3.63) is 52.0 Å². The predicted molar refractivity (Wildman–Crippen MR) is 78.2 cm³/mol. The van der Waals surface area contributed by atoms with Crippen LogP contribution in [-0.4, -0.2) is 12.2 Å². The molecule has 1 heterocycles. The van der Waals surface area contributed by atoms with Crippen molar-refractivity contribution in [3.63, 3.8) is 0 Å². The van der Waals surface area contributed by atoms with Gasteiger partial charge in [-0.25, -0.2) is 4.39 Å². The van der Waals surface area contributed by atoms with Gasteiger partial charge in [0.15, 0.2) is 0 Å². The molecule has 0 radical (unpaired) electrons. The van der Waals surface area contributed by atoms with Gasteiger partial charge in [0.25, 0.3) is 0 Å². The zero-order chi connectivity index (χ0) is 14.0. The van der Waals surface area contributed by atoms with E-state index in [1.807, 2.05) is 29.5 Å². The summed E-state index contributed by atoms with van der Waals surface area (Å²) in [5.74, 6) is -0.363. The molecule has 2 atom stereocenters. The fourth-order valence-electron chi connectivity index (χ4n) is 2.18. The van der Waals surface area contributed by atoms with Crippen LogP contribution in [0, 0.1) is 5.82 Å². The molecular weight excluding hydrogens is 261 g/mol. The fraction of sp³-hybridized carbons (Fsp3) is 0.333. The Morgan fingerprint density at radius 1 is 1.21 bits per heavy atom. The second kappa shape index (κ2) is 5.72. The number of benzene rings is 1. The van der Waals surface area contributed by atoms with Crippen LogP contribution in [0.2, 0.25) is 0 Å². The quantitative estimate of drug-likeness (QED) is 0.909. The monoisotopic (exact) mass is 279 g/mol. The van der Waals surface area contributed by atoms with Gasteiger partial charge >= 0.3 is 0 Å². The Kier molecular flexibility index (Phi) is 4.22. The van der Waals surface area contributed by atoms with Crippen LogP contribution in [0.1, 0.15) is 36.4 Å². The molecule has 1 aromatic carbocycles. The molecule has 0 aliphatic carbocycles. The molecule has 0 amide bonds. The van der Waals surface area contributed by atoms with E-state index in [-0.39, 0.29) is 11.9 Å². The van der Waals surface area contributed by atoms with Crippen LogP contribution in [0.5, 0.6) is 0 Å². The summed E-state index contributed by atoms with van der Waals surface area (Å²) in [6, 6.07) is 9.11. The highest BCUT2D eigenvalue weighted by molar-refractivity contribution is 7.10. The molecule has 0 saturated carbocycles. The van der Waals surface area contributed by atoms with Gasteiger partial charge in [-0.05, 0) is 37.4 Å². The van der Waals surface area contributed by atoms with E-state index in [4.69, 9.17) is 0 Å². The standard InChI is InChI=1S/C15H18FNOS/c1-10(14-8-5-9-19-14)17(3)13-7-4-6-12(16)15(13)11(2)18/h4-11,18H,1-3H3/t10?,11-/m0/s1. The molecule has 0 fully saturated rings. The van der Waals surface area contributed by atoms with Gasteiger partial charge in [-0.15, -0.1) is 11.3 Å². The smallest absolute Gasteiger partial charge is 0.131 e. The van der Waals surface area contributed by atoms with E-state index in [9.17, 15) is 9.50 Å². The minimum atomic E-state index is -0.825. The molecule has 0 saturated heterocycles. The Balaban J connectivity index is 2.39. The van der Waals surface area contributed by atoms with Gasteiger partial charge in [-0.1, -0.05) is 12.1 Å². The van der Waals surface area contributed by atoms with Gasteiger partial charge in [0, 0.05) is 23.2 Å². The van der Waals surface area contributed by atoms with Crippen molar-refractivity contribution in [1.29, 1.82) is 0 Å². The van der Waals surface area contributed by atoms with Gasteiger partial charge in [0.2, 0.25) is 0 Å². The van der Waals surface area contributed by atoms with Gasteiger partial charge in [-0.2, -0.15) is 0 Å². The third-order valence-corrected chi connectivity index (χ3v) is 4.41. The normalized spacial score (nSPS) is 14.2. The predicted octanol–water partition coefficient (Wildman–Crippen LogP) is 4.14. The van der Waals surface area contributed by atoms with Crippen LogP contribution in [0.4, 0.5) is 10.1 Å². The third kappa shape index (κ3) is 2.80. The van der Waals surface area contributed by atoms with Crippen molar-refractivity contribution in [2.75, 3.05) is 11.9 Å². The summed E-state index contributed by atoms with van der Waals surface area (Å²) in [6.45, 7) is 3.66. The Bertz CT molecular complexity index is 539. The number of aliphatic hydroxyl groups excluding tert-OH is 1. The van der Waals surface area contributed by atoms with Crippen LogP contribution in [0.25, 0.3) is 0 Å². The topological polar surface area (TPSA) is 23.5 Å². The largest absolute Gasteiger partial charge is 0.389 e. The number of rotatable bonds is 4. The highest BCUT2D eigenvalue weighted by atomic mass is 32.1. The van der Waals surface area contributed by atoms with Crippen molar-refractivity contribution in [2.45, 2.75) is 26.0 Å². The number of halogens is 1. The Labute approximate surface area is 117 Å². The van der Waals surface area contributed by atoms with E-state index in [2.05, 4.69) is 13.0 Å². The molecular formula is C15H18FNOS. The van der Waals surface area contributed by atoms with Crippen LogP contribution >= 0.6 is 11.3 Å². The summed E-state index contributed by atoms with van der Waals surface area (Å²) in [5.41, 5.74) is 1.09. The highest BCUT2D eigenvalue weighted by Gasteiger charge is 2.20. The van der Waals surface area contributed by atoms with E-state index in [0.29, 0.717) is 5.56 Å². The first-order valence-corrected chi connectivity index (χ1v) is 7.13. The lowest BCUT2D eigenvalue weighted by Crippen LogP contribution is -2.23. The first kappa shape index (κ1) is 14.0. The number of nitrogens with zero attached hydrogens (tertiary/aromatic N) is 1. The average molecular weight is 279 g/mol. The van der Waals surface area contributed by atoms with Gasteiger partial charge < -0.3 is 10.0 Å². The van der Waals surface area contributed by atoms with Crippen molar-refractivity contribution < 1.29 is 9.50 Å². The summed E-state index contributed by atoms with van der Waals surface area (Å²) in [7, 11) is 1.92. The van der Waals surface area contributed by atoms with Gasteiger partial charge in [0.05, 0.1) is 12.1 Å². The minimum absolute atomic E-state index is 0.138. The Morgan fingerprint density at radius 3 is 2.53 bits per heavy atom. The molecule has 2 aromatic rings. The SMILES string of the molecule is CC(c1cccs1)N(C)c1cccc(F)c1[C@H](C)O. The molecule has 102 valence electrons. The molecule has 0 aliphatic rings. The van der Waals surface area contributed by atoms with Crippen LogP contribution < -0.4 is 4.90 Å². The van der Waals surface area contributed by atoms with E-state index < -0.39 is 6.10 Å². The first-order valence-electron chi connectivity index (χ1n) is 6.25. The first-order chi connectivity index (χ1) is 9.02. The molecule has 4 heteroatoms.